The number of rotatable bonds is 4. The lowest BCUT2D eigenvalue weighted by Crippen LogP contribution is -2.37. The number of carbonyl (C=O) groups excluding carboxylic acids is 1. The van der Waals surface area contributed by atoms with E-state index in [4.69, 9.17) is 0 Å². The molecule has 1 amide bonds. The molecule has 2 heterocycles. The highest BCUT2D eigenvalue weighted by Crippen LogP contribution is 2.26. The summed E-state index contributed by atoms with van der Waals surface area (Å²) in [4.78, 5) is 12.3. The van der Waals surface area contributed by atoms with Gasteiger partial charge in [-0.25, -0.2) is 4.68 Å². The third-order valence-electron chi connectivity index (χ3n) is 5.19. The van der Waals surface area contributed by atoms with Crippen LogP contribution in [-0.4, -0.2) is 40.0 Å². The van der Waals surface area contributed by atoms with Crippen molar-refractivity contribution < 1.29 is 4.79 Å². The fraction of sp³-hybridized carbons (Fsp3) is 0.812. The Balaban J connectivity index is 1.53. The Bertz CT molecular complexity index is 486. The van der Waals surface area contributed by atoms with Gasteiger partial charge in [0.1, 0.15) is 0 Å². The first kappa shape index (κ1) is 15.5. The molecule has 1 saturated heterocycles. The standard InChI is InChI=1S/C16H27N5O/c1-2-12-3-5-13(6-4-12)18-16(22)15-11-21(20-19-15)14-7-9-17-10-8-14/h11-14,17H,2-10H2,1H3,(H,18,22). The molecule has 0 bridgehead atoms. The molecule has 0 radical (unpaired) electrons. The van der Waals surface area contributed by atoms with E-state index in [1.807, 2.05) is 10.9 Å². The zero-order valence-electron chi connectivity index (χ0n) is 13.4. The van der Waals surface area contributed by atoms with E-state index in [2.05, 4.69) is 27.9 Å². The van der Waals surface area contributed by atoms with Crippen LogP contribution in [0.4, 0.5) is 0 Å². The fourth-order valence-corrected chi connectivity index (χ4v) is 3.60. The number of carbonyl (C=O) groups is 1. The van der Waals surface area contributed by atoms with Crippen LogP contribution in [0.25, 0.3) is 0 Å². The van der Waals surface area contributed by atoms with Crippen LogP contribution in [0, 0.1) is 5.92 Å². The van der Waals surface area contributed by atoms with Gasteiger partial charge < -0.3 is 10.6 Å². The van der Waals surface area contributed by atoms with Crippen LogP contribution in [0.15, 0.2) is 6.20 Å². The summed E-state index contributed by atoms with van der Waals surface area (Å²) in [6.45, 7) is 4.27. The lowest BCUT2D eigenvalue weighted by Gasteiger charge is -2.28. The monoisotopic (exact) mass is 305 g/mol. The van der Waals surface area contributed by atoms with Crippen molar-refractivity contribution in [1.29, 1.82) is 0 Å². The summed E-state index contributed by atoms with van der Waals surface area (Å²) >= 11 is 0. The molecule has 0 aromatic carbocycles. The normalized spacial score (nSPS) is 26.8. The second-order valence-corrected chi connectivity index (χ2v) is 6.66. The van der Waals surface area contributed by atoms with Crippen LogP contribution < -0.4 is 10.6 Å². The number of nitrogens with zero attached hydrogens (tertiary/aromatic N) is 3. The van der Waals surface area contributed by atoms with Crippen LogP contribution in [-0.2, 0) is 0 Å². The van der Waals surface area contributed by atoms with Gasteiger partial charge in [-0.15, -0.1) is 5.10 Å². The van der Waals surface area contributed by atoms with Gasteiger partial charge in [0, 0.05) is 6.04 Å². The highest BCUT2D eigenvalue weighted by molar-refractivity contribution is 5.92. The summed E-state index contributed by atoms with van der Waals surface area (Å²) in [7, 11) is 0. The number of hydrogen-bond acceptors (Lipinski definition) is 4. The molecule has 6 heteroatoms. The summed E-state index contributed by atoms with van der Waals surface area (Å²) in [5, 5.41) is 14.7. The summed E-state index contributed by atoms with van der Waals surface area (Å²) in [6.07, 6.45) is 9.79. The highest BCUT2D eigenvalue weighted by Gasteiger charge is 2.23. The zero-order chi connectivity index (χ0) is 15.4. The van der Waals surface area contributed by atoms with E-state index >= 15 is 0 Å². The SMILES string of the molecule is CCC1CCC(NC(=O)c2cn(C3CCNCC3)nn2)CC1. The maximum absolute atomic E-state index is 12.3. The van der Waals surface area contributed by atoms with Crippen molar-refractivity contribution in [3.63, 3.8) is 0 Å². The van der Waals surface area contributed by atoms with E-state index in [0.29, 0.717) is 17.8 Å². The molecule has 3 rings (SSSR count). The van der Waals surface area contributed by atoms with Crippen molar-refractivity contribution in [2.45, 2.75) is 64.0 Å². The van der Waals surface area contributed by atoms with Gasteiger partial charge in [0.05, 0.1) is 12.2 Å². The van der Waals surface area contributed by atoms with Gasteiger partial charge in [0.2, 0.25) is 0 Å². The van der Waals surface area contributed by atoms with Crippen LogP contribution in [0.5, 0.6) is 0 Å². The van der Waals surface area contributed by atoms with Crippen LogP contribution >= 0.6 is 0 Å². The number of nitrogens with one attached hydrogen (secondary N) is 2. The smallest absolute Gasteiger partial charge is 0.273 e. The number of hydrogen-bond donors (Lipinski definition) is 2. The third kappa shape index (κ3) is 3.66. The molecule has 0 unspecified atom stereocenters. The molecule has 22 heavy (non-hydrogen) atoms. The van der Waals surface area contributed by atoms with Gasteiger partial charge in [-0.3, -0.25) is 4.79 Å². The van der Waals surface area contributed by atoms with Crippen LogP contribution in [0.2, 0.25) is 0 Å². The first-order valence-electron chi connectivity index (χ1n) is 8.69. The Kier molecular flexibility index (Phi) is 5.08. The Morgan fingerprint density at radius 1 is 1.27 bits per heavy atom. The first-order valence-corrected chi connectivity index (χ1v) is 8.69. The third-order valence-corrected chi connectivity index (χ3v) is 5.19. The quantitative estimate of drug-likeness (QED) is 0.891. The van der Waals surface area contributed by atoms with E-state index in [9.17, 15) is 4.79 Å². The van der Waals surface area contributed by atoms with E-state index in [-0.39, 0.29) is 5.91 Å². The molecule has 0 spiro atoms. The summed E-state index contributed by atoms with van der Waals surface area (Å²) in [6, 6.07) is 0.676. The molecule has 1 aliphatic heterocycles. The Labute approximate surface area is 132 Å². The van der Waals surface area contributed by atoms with Crippen molar-refractivity contribution in [2.24, 2.45) is 5.92 Å². The zero-order valence-corrected chi connectivity index (χ0v) is 13.4. The molecule has 2 fully saturated rings. The second kappa shape index (κ2) is 7.22. The molecule has 6 nitrogen and oxygen atoms in total. The van der Waals surface area contributed by atoms with E-state index in [0.717, 1.165) is 44.7 Å². The lowest BCUT2D eigenvalue weighted by molar-refractivity contribution is 0.0916. The molecule has 2 aliphatic rings. The highest BCUT2D eigenvalue weighted by atomic mass is 16.2. The summed E-state index contributed by atoms with van der Waals surface area (Å²) in [5.41, 5.74) is 0.455. The maximum Gasteiger partial charge on any atom is 0.273 e. The lowest BCUT2D eigenvalue weighted by atomic mass is 9.84. The minimum atomic E-state index is -0.0693. The predicted octanol–water partition coefficient (Wildman–Crippen LogP) is 1.90. The largest absolute Gasteiger partial charge is 0.348 e. The van der Waals surface area contributed by atoms with Gasteiger partial charge in [-0.05, 0) is 57.5 Å². The van der Waals surface area contributed by atoms with Crippen molar-refractivity contribution in [1.82, 2.24) is 25.6 Å². The van der Waals surface area contributed by atoms with Gasteiger partial charge in [-0.2, -0.15) is 0 Å². The summed E-state index contributed by atoms with van der Waals surface area (Å²) < 4.78 is 1.86. The van der Waals surface area contributed by atoms with Crippen molar-refractivity contribution in [3.05, 3.63) is 11.9 Å². The second-order valence-electron chi connectivity index (χ2n) is 6.66. The van der Waals surface area contributed by atoms with Gasteiger partial charge in [0.15, 0.2) is 5.69 Å². The summed E-state index contributed by atoms with van der Waals surface area (Å²) in [5.74, 6) is 0.772. The number of aromatic nitrogens is 3. The Morgan fingerprint density at radius 3 is 2.68 bits per heavy atom. The van der Waals surface area contributed by atoms with E-state index < -0.39 is 0 Å². The Hall–Kier alpha value is -1.43. The molecular formula is C16H27N5O. The molecule has 2 N–H and O–H groups in total. The molecule has 1 aromatic heterocycles. The van der Waals surface area contributed by atoms with Crippen LogP contribution in [0.3, 0.4) is 0 Å². The average Bonchev–Trinajstić information content (AvgIpc) is 3.06. The minimum absolute atomic E-state index is 0.0693. The van der Waals surface area contributed by atoms with E-state index in [1.54, 1.807) is 0 Å². The Morgan fingerprint density at radius 2 is 2.00 bits per heavy atom. The van der Waals surface area contributed by atoms with Gasteiger partial charge >= 0.3 is 0 Å². The molecule has 1 saturated carbocycles. The molecular weight excluding hydrogens is 278 g/mol. The van der Waals surface area contributed by atoms with E-state index in [1.165, 1.54) is 19.3 Å². The number of piperidine rings is 1. The average molecular weight is 305 g/mol. The van der Waals surface area contributed by atoms with Crippen molar-refractivity contribution in [3.8, 4) is 0 Å². The number of amides is 1. The molecule has 1 aromatic rings. The minimum Gasteiger partial charge on any atom is -0.348 e. The topological polar surface area (TPSA) is 71.8 Å². The maximum atomic E-state index is 12.3. The fourth-order valence-electron chi connectivity index (χ4n) is 3.60. The molecule has 122 valence electrons. The predicted molar refractivity (Wildman–Crippen MR) is 84.7 cm³/mol. The first-order chi connectivity index (χ1) is 10.8. The van der Waals surface area contributed by atoms with Gasteiger partial charge in [-0.1, -0.05) is 18.6 Å². The van der Waals surface area contributed by atoms with Crippen molar-refractivity contribution >= 4 is 5.91 Å². The molecule has 1 aliphatic carbocycles. The molecule has 0 atom stereocenters. The van der Waals surface area contributed by atoms with Crippen LogP contribution in [0.1, 0.15) is 68.4 Å². The van der Waals surface area contributed by atoms with Gasteiger partial charge in [0.25, 0.3) is 5.91 Å². The van der Waals surface area contributed by atoms with Crippen molar-refractivity contribution in [2.75, 3.05) is 13.1 Å².